The smallest absolute Gasteiger partial charge is 0.224 e. The summed E-state index contributed by atoms with van der Waals surface area (Å²) >= 11 is 13.5. The maximum absolute atomic E-state index is 14.9. The molecular formula is C26H26Cl2FNO4S2. The van der Waals surface area contributed by atoms with Crippen molar-refractivity contribution >= 4 is 50.7 Å². The average Bonchev–Trinajstić information content (AvgIpc) is 2.86. The van der Waals surface area contributed by atoms with Gasteiger partial charge in [0, 0.05) is 27.1 Å². The van der Waals surface area contributed by atoms with Crippen LogP contribution in [-0.4, -0.2) is 37.8 Å². The van der Waals surface area contributed by atoms with Gasteiger partial charge in [0.15, 0.2) is 9.84 Å². The van der Waals surface area contributed by atoms with E-state index in [1.807, 2.05) is 30.3 Å². The van der Waals surface area contributed by atoms with Crippen molar-refractivity contribution in [2.75, 3.05) is 12.4 Å². The second kappa shape index (κ2) is 12.9. The van der Waals surface area contributed by atoms with Crippen molar-refractivity contribution < 1.29 is 22.7 Å². The van der Waals surface area contributed by atoms with Crippen molar-refractivity contribution in [2.24, 2.45) is 5.92 Å². The predicted octanol–water partition coefficient (Wildman–Crippen LogP) is 5.69. The molecule has 1 unspecified atom stereocenters. The first-order valence-electron chi connectivity index (χ1n) is 11.1. The van der Waals surface area contributed by atoms with Gasteiger partial charge in [-0.3, -0.25) is 4.79 Å². The van der Waals surface area contributed by atoms with E-state index in [4.69, 9.17) is 23.2 Å². The molecule has 0 fully saturated rings. The third-order valence-electron chi connectivity index (χ3n) is 5.61. The van der Waals surface area contributed by atoms with Crippen LogP contribution in [0.15, 0.2) is 77.7 Å². The van der Waals surface area contributed by atoms with Crippen molar-refractivity contribution in [2.45, 2.75) is 28.9 Å². The zero-order valence-electron chi connectivity index (χ0n) is 19.4. The Morgan fingerprint density at radius 3 is 2.31 bits per heavy atom. The molecule has 1 amide bonds. The van der Waals surface area contributed by atoms with Crippen molar-refractivity contribution in [3.63, 3.8) is 0 Å². The van der Waals surface area contributed by atoms with Crippen molar-refractivity contribution in [1.29, 1.82) is 0 Å². The minimum Gasteiger partial charge on any atom is -0.394 e. The van der Waals surface area contributed by atoms with E-state index in [0.29, 0.717) is 16.5 Å². The summed E-state index contributed by atoms with van der Waals surface area (Å²) in [6.45, 7) is 1.08. The monoisotopic (exact) mass is 569 g/mol. The van der Waals surface area contributed by atoms with Gasteiger partial charge in [-0.25, -0.2) is 12.8 Å². The number of thioether (sulfide) groups is 1. The van der Waals surface area contributed by atoms with E-state index >= 15 is 0 Å². The van der Waals surface area contributed by atoms with Gasteiger partial charge in [0.05, 0.1) is 23.5 Å². The first-order valence-corrected chi connectivity index (χ1v) is 14.6. The molecule has 0 spiro atoms. The Kier molecular flexibility index (Phi) is 10.2. The number of nitrogens with one attached hydrogen (secondary N) is 1. The number of aliphatic hydroxyl groups excluding tert-OH is 1. The quantitative estimate of drug-likeness (QED) is 0.309. The van der Waals surface area contributed by atoms with Crippen LogP contribution in [0.1, 0.15) is 23.3 Å². The molecule has 192 valence electrons. The van der Waals surface area contributed by atoms with Crippen LogP contribution in [0.2, 0.25) is 10.0 Å². The van der Waals surface area contributed by atoms with E-state index in [9.17, 15) is 22.7 Å². The minimum absolute atomic E-state index is 0.104. The molecule has 3 aromatic carbocycles. The summed E-state index contributed by atoms with van der Waals surface area (Å²) in [6.07, 6.45) is 0. The van der Waals surface area contributed by atoms with Gasteiger partial charge >= 0.3 is 0 Å². The summed E-state index contributed by atoms with van der Waals surface area (Å²) in [7, 11) is -4.24. The van der Waals surface area contributed by atoms with E-state index in [1.54, 1.807) is 0 Å². The molecule has 3 rings (SSSR count). The lowest BCUT2D eigenvalue weighted by molar-refractivity contribution is -0.125. The average molecular weight is 571 g/mol. The number of aliphatic hydroxyl groups is 1. The summed E-state index contributed by atoms with van der Waals surface area (Å²) in [5, 5.41) is 11.5. The maximum Gasteiger partial charge on any atom is 0.224 e. The number of sulfone groups is 1. The molecule has 0 saturated heterocycles. The number of amides is 1. The second-order valence-electron chi connectivity index (χ2n) is 8.26. The molecule has 0 aliphatic heterocycles. The lowest BCUT2D eigenvalue weighted by Crippen LogP contribution is -2.44. The first kappa shape index (κ1) is 28.5. The number of halogens is 3. The van der Waals surface area contributed by atoms with Gasteiger partial charge < -0.3 is 10.4 Å². The van der Waals surface area contributed by atoms with Crippen LogP contribution >= 0.6 is 35.0 Å². The van der Waals surface area contributed by atoms with Gasteiger partial charge in [-0.1, -0.05) is 60.5 Å². The minimum atomic E-state index is -4.24. The van der Waals surface area contributed by atoms with Gasteiger partial charge in [-0.2, -0.15) is 11.8 Å². The Morgan fingerprint density at radius 2 is 1.67 bits per heavy atom. The largest absolute Gasteiger partial charge is 0.394 e. The zero-order valence-corrected chi connectivity index (χ0v) is 22.5. The molecular weight excluding hydrogens is 544 g/mol. The molecule has 0 bridgehead atoms. The van der Waals surface area contributed by atoms with Crippen LogP contribution in [0.3, 0.4) is 0 Å². The molecule has 2 N–H and O–H groups in total. The third-order valence-corrected chi connectivity index (χ3v) is 9.53. The van der Waals surface area contributed by atoms with E-state index in [-0.39, 0.29) is 22.1 Å². The number of rotatable bonds is 11. The fourth-order valence-electron chi connectivity index (χ4n) is 3.71. The van der Waals surface area contributed by atoms with Gasteiger partial charge in [0.2, 0.25) is 5.91 Å². The van der Waals surface area contributed by atoms with Crippen molar-refractivity contribution in [3.8, 4) is 0 Å². The molecule has 36 heavy (non-hydrogen) atoms. The Balaban J connectivity index is 1.84. The van der Waals surface area contributed by atoms with Crippen LogP contribution in [-0.2, 0) is 20.4 Å². The first-order chi connectivity index (χ1) is 17.1. The SMILES string of the molecule is C[C@H](C(=O)N[C@H](CO)CSCc1ccccc1)C(c1cc(Cl)ccc1F)S(=O)(=O)c1ccc(Cl)cc1. The molecule has 0 radical (unpaired) electrons. The summed E-state index contributed by atoms with van der Waals surface area (Å²) in [6, 6.07) is 18.2. The summed E-state index contributed by atoms with van der Waals surface area (Å²) in [4.78, 5) is 13.1. The number of carbonyl (C=O) groups is 1. The topological polar surface area (TPSA) is 83.5 Å². The Hall–Kier alpha value is -2.10. The Labute approximate surface area is 224 Å². The van der Waals surface area contributed by atoms with Crippen molar-refractivity contribution in [3.05, 3.63) is 99.8 Å². The van der Waals surface area contributed by atoms with Crippen LogP contribution in [0.4, 0.5) is 4.39 Å². The predicted molar refractivity (Wildman–Crippen MR) is 144 cm³/mol. The summed E-state index contributed by atoms with van der Waals surface area (Å²) < 4.78 is 42.2. The molecule has 0 aliphatic carbocycles. The highest BCUT2D eigenvalue weighted by atomic mass is 35.5. The number of hydrogen-bond donors (Lipinski definition) is 2. The van der Waals surface area contributed by atoms with Crippen LogP contribution in [0.5, 0.6) is 0 Å². The zero-order chi connectivity index (χ0) is 26.3. The second-order valence-corrected chi connectivity index (χ2v) is 12.2. The highest BCUT2D eigenvalue weighted by Gasteiger charge is 2.39. The van der Waals surface area contributed by atoms with Gasteiger partial charge in [0.25, 0.3) is 0 Å². The van der Waals surface area contributed by atoms with Gasteiger partial charge in [-0.15, -0.1) is 0 Å². The lowest BCUT2D eigenvalue weighted by atomic mass is 9.98. The maximum atomic E-state index is 14.9. The van der Waals surface area contributed by atoms with Crippen LogP contribution in [0, 0.1) is 11.7 Å². The Morgan fingerprint density at radius 1 is 1.03 bits per heavy atom. The van der Waals surface area contributed by atoms with Crippen LogP contribution < -0.4 is 5.32 Å². The molecule has 5 nitrogen and oxygen atoms in total. The molecule has 0 heterocycles. The lowest BCUT2D eigenvalue weighted by Gasteiger charge is -2.26. The summed E-state index contributed by atoms with van der Waals surface area (Å²) in [5.41, 5.74) is 0.892. The van der Waals surface area contributed by atoms with E-state index in [0.717, 1.165) is 11.6 Å². The molecule has 0 saturated carbocycles. The van der Waals surface area contributed by atoms with Crippen LogP contribution in [0.25, 0.3) is 0 Å². The fraction of sp³-hybridized carbons (Fsp3) is 0.269. The molecule has 3 aromatic rings. The van der Waals surface area contributed by atoms with E-state index < -0.39 is 38.8 Å². The van der Waals surface area contributed by atoms with E-state index in [1.165, 1.54) is 55.1 Å². The Bertz CT molecular complexity index is 1270. The molecule has 10 heteroatoms. The normalized spacial score (nSPS) is 14.1. The molecule has 0 aromatic heterocycles. The van der Waals surface area contributed by atoms with E-state index in [2.05, 4.69) is 5.32 Å². The molecule has 3 atom stereocenters. The highest BCUT2D eigenvalue weighted by molar-refractivity contribution is 7.98. The summed E-state index contributed by atoms with van der Waals surface area (Å²) in [5.74, 6) is -1.53. The number of hydrogen-bond acceptors (Lipinski definition) is 5. The van der Waals surface area contributed by atoms with Gasteiger partial charge in [-0.05, 0) is 48.0 Å². The van der Waals surface area contributed by atoms with Gasteiger partial charge in [0.1, 0.15) is 11.1 Å². The number of carbonyl (C=O) groups excluding carboxylic acids is 1. The number of benzene rings is 3. The third kappa shape index (κ3) is 7.23. The molecule has 0 aliphatic rings. The fourth-order valence-corrected chi connectivity index (χ4v) is 7.02. The van der Waals surface area contributed by atoms with Crippen molar-refractivity contribution in [1.82, 2.24) is 5.32 Å². The highest BCUT2D eigenvalue weighted by Crippen LogP contribution is 2.38. The standard InChI is InChI=1S/C26H26Cl2FNO4S2/c1-17(26(32)30-21(14-31)16-35-15-18-5-3-2-4-6-18)25(23-13-20(28)9-12-24(23)29)36(33,34)22-10-7-19(27)8-11-22/h2-13,17,21,25,31H,14-16H2,1H3,(H,30,32)/t17-,21+,25?/m0/s1.